The van der Waals surface area contributed by atoms with E-state index in [9.17, 15) is 9.18 Å². The number of carbonyl (C=O) groups excluding carboxylic acids is 1. The molecule has 0 aliphatic rings. The van der Waals surface area contributed by atoms with E-state index in [0.717, 1.165) is 5.56 Å². The molecule has 66 valence electrons. The first-order chi connectivity index (χ1) is 6.15. The van der Waals surface area contributed by atoms with Crippen LogP contribution in [-0.4, -0.2) is 6.29 Å². The molecule has 1 aromatic carbocycles. The first-order valence-electron chi connectivity index (χ1n) is 3.56. The fourth-order valence-electron chi connectivity index (χ4n) is 0.860. The first kappa shape index (κ1) is 9.76. The van der Waals surface area contributed by atoms with E-state index in [1.54, 1.807) is 6.92 Å². The summed E-state index contributed by atoms with van der Waals surface area (Å²) in [6.45, 7) is 1.74. The Morgan fingerprint density at radius 1 is 1.54 bits per heavy atom. The van der Waals surface area contributed by atoms with Crippen molar-refractivity contribution in [3.05, 3.63) is 34.1 Å². The molecule has 1 rings (SSSR count). The van der Waals surface area contributed by atoms with Gasteiger partial charge in [0.2, 0.25) is 0 Å². The smallest absolute Gasteiger partial charge is 0.193 e. The lowest BCUT2D eigenvalue weighted by molar-refractivity contribution is -0.103. The van der Waals surface area contributed by atoms with Gasteiger partial charge in [0, 0.05) is 5.02 Å². The van der Waals surface area contributed by atoms with E-state index in [2.05, 4.69) is 11.8 Å². The van der Waals surface area contributed by atoms with E-state index >= 15 is 0 Å². The summed E-state index contributed by atoms with van der Waals surface area (Å²) in [5.41, 5.74) is 0.923. The van der Waals surface area contributed by atoms with Crippen molar-refractivity contribution in [1.82, 2.24) is 0 Å². The number of aldehydes is 1. The van der Waals surface area contributed by atoms with Crippen LogP contribution in [0.15, 0.2) is 12.1 Å². The molecule has 0 N–H and O–H groups in total. The number of rotatable bonds is 0. The summed E-state index contributed by atoms with van der Waals surface area (Å²) >= 11 is 5.66. The fourth-order valence-corrected chi connectivity index (χ4v) is 1.01. The van der Waals surface area contributed by atoms with Gasteiger partial charge in [0.25, 0.3) is 0 Å². The highest BCUT2D eigenvalue weighted by molar-refractivity contribution is 6.31. The second-order valence-electron chi connectivity index (χ2n) is 2.47. The van der Waals surface area contributed by atoms with Crippen molar-refractivity contribution in [2.45, 2.75) is 6.92 Å². The molecule has 0 aliphatic heterocycles. The van der Waals surface area contributed by atoms with E-state index in [4.69, 9.17) is 11.6 Å². The highest BCUT2D eigenvalue weighted by Gasteiger charge is 2.02. The maximum absolute atomic E-state index is 13.1. The van der Waals surface area contributed by atoms with Gasteiger partial charge in [0.1, 0.15) is 5.82 Å². The molecular weight excluding hydrogens is 191 g/mol. The third-order valence-corrected chi connectivity index (χ3v) is 1.92. The van der Waals surface area contributed by atoms with Crippen LogP contribution in [0.2, 0.25) is 5.02 Å². The molecule has 0 unspecified atom stereocenters. The number of benzene rings is 1. The van der Waals surface area contributed by atoms with Crippen molar-refractivity contribution in [2.24, 2.45) is 0 Å². The zero-order valence-electron chi connectivity index (χ0n) is 6.90. The zero-order valence-corrected chi connectivity index (χ0v) is 7.65. The van der Waals surface area contributed by atoms with Gasteiger partial charge in [-0.2, -0.15) is 0 Å². The molecule has 0 aromatic heterocycles. The van der Waals surface area contributed by atoms with Gasteiger partial charge < -0.3 is 0 Å². The number of hydrogen-bond acceptors (Lipinski definition) is 1. The Labute approximate surface area is 80.5 Å². The van der Waals surface area contributed by atoms with E-state index in [-0.39, 0.29) is 5.56 Å². The lowest BCUT2D eigenvalue weighted by Gasteiger charge is -1.99. The Morgan fingerprint density at radius 2 is 2.23 bits per heavy atom. The van der Waals surface area contributed by atoms with Gasteiger partial charge in [-0.05, 0) is 30.5 Å². The molecule has 0 aliphatic carbocycles. The van der Waals surface area contributed by atoms with Crippen molar-refractivity contribution in [1.29, 1.82) is 0 Å². The quantitative estimate of drug-likeness (QED) is 0.460. The van der Waals surface area contributed by atoms with Crippen LogP contribution in [0.5, 0.6) is 0 Å². The Bertz CT molecular complexity index is 401. The number of hydrogen-bond donors (Lipinski definition) is 0. The van der Waals surface area contributed by atoms with Crippen LogP contribution in [0.3, 0.4) is 0 Å². The lowest BCUT2D eigenvalue weighted by Crippen LogP contribution is -1.86. The molecule has 0 atom stereocenters. The third kappa shape index (κ3) is 2.30. The standard InChI is InChI=1S/C10H6ClFO/c1-7-5-8(3-2-4-13)10(12)6-9(7)11/h4-6H,1H3. The zero-order chi connectivity index (χ0) is 9.84. The predicted molar refractivity (Wildman–Crippen MR) is 49.1 cm³/mol. The van der Waals surface area contributed by atoms with Gasteiger partial charge in [-0.25, -0.2) is 4.39 Å². The van der Waals surface area contributed by atoms with Gasteiger partial charge >= 0.3 is 0 Å². The van der Waals surface area contributed by atoms with Gasteiger partial charge in [-0.1, -0.05) is 17.5 Å². The van der Waals surface area contributed by atoms with Crippen molar-refractivity contribution in [3.8, 4) is 11.8 Å². The molecule has 0 spiro atoms. The lowest BCUT2D eigenvalue weighted by atomic mass is 10.1. The van der Waals surface area contributed by atoms with Gasteiger partial charge in [-0.15, -0.1) is 0 Å². The SMILES string of the molecule is Cc1cc(C#CC=O)c(F)cc1Cl. The average Bonchev–Trinajstić information content (AvgIpc) is 2.09. The minimum absolute atomic E-state index is 0.189. The minimum atomic E-state index is -0.509. The molecule has 13 heavy (non-hydrogen) atoms. The first-order valence-corrected chi connectivity index (χ1v) is 3.94. The average molecular weight is 197 g/mol. The molecule has 0 radical (unpaired) electrons. The summed E-state index contributed by atoms with van der Waals surface area (Å²) in [5, 5.41) is 0.356. The Balaban J connectivity index is 3.23. The van der Waals surface area contributed by atoms with Crippen LogP contribution < -0.4 is 0 Å². The largest absolute Gasteiger partial charge is 0.289 e. The van der Waals surface area contributed by atoms with Crippen molar-refractivity contribution < 1.29 is 9.18 Å². The van der Waals surface area contributed by atoms with Crippen LogP contribution in [-0.2, 0) is 4.79 Å². The summed E-state index contributed by atoms with van der Waals surface area (Å²) in [6, 6.07) is 2.69. The predicted octanol–water partition coefficient (Wildman–Crippen LogP) is 2.34. The number of aryl methyl sites for hydroxylation is 1. The van der Waals surface area contributed by atoms with E-state index < -0.39 is 5.82 Å². The van der Waals surface area contributed by atoms with Crippen LogP contribution in [0, 0.1) is 24.6 Å². The molecule has 0 saturated carbocycles. The Kier molecular flexibility index (Phi) is 3.05. The number of carbonyl (C=O) groups is 1. The van der Waals surface area contributed by atoms with E-state index in [0.29, 0.717) is 11.3 Å². The van der Waals surface area contributed by atoms with Crippen LogP contribution >= 0.6 is 11.6 Å². The highest BCUT2D eigenvalue weighted by Crippen LogP contribution is 2.18. The highest BCUT2D eigenvalue weighted by atomic mass is 35.5. The van der Waals surface area contributed by atoms with Crippen LogP contribution in [0.25, 0.3) is 0 Å². The second kappa shape index (κ2) is 4.06. The normalized spacial score (nSPS) is 8.85. The number of halogens is 2. The monoisotopic (exact) mass is 196 g/mol. The Hall–Kier alpha value is -1.33. The van der Waals surface area contributed by atoms with E-state index in [1.807, 2.05) is 0 Å². The molecule has 0 amide bonds. The van der Waals surface area contributed by atoms with Crippen molar-refractivity contribution in [3.63, 3.8) is 0 Å². The molecule has 1 nitrogen and oxygen atoms in total. The topological polar surface area (TPSA) is 17.1 Å². The van der Waals surface area contributed by atoms with Crippen LogP contribution in [0.4, 0.5) is 4.39 Å². The van der Waals surface area contributed by atoms with Gasteiger partial charge in [-0.3, -0.25) is 4.79 Å². The molecule has 0 fully saturated rings. The molecular formula is C10H6ClFO. The van der Waals surface area contributed by atoms with Gasteiger partial charge in [0.05, 0.1) is 5.56 Å². The van der Waals surface area contributed by atoms with Crippen molar-refractivity contribution in [2.75, 3.05) is 0 Å². The second-order valence-corrected chi connectivity index (χ2v) is 2.88. The third-order valence-electron chi connectivity index (χ3n) is 1.51. The molecule has 0 heterocycles. The molecule has 1 aromatic rings. The summed E-state index contributed by atoms with van der Waals surface area (Å²) in [4.78, 5) is 9.92. The van der Waals surface area contributed by atoms with E-state index in [1.165, 1.54) is 12.1 Å². The minimum Gasteiger partial charge on any atom is -0.289 e. The summed E-state index contributed by atoms with van der Waals surface area (Å²) in [6.07, 6.45) is 0.420. The summed E-state index contributed by atoms with van der Waals surface area (Å²) in [5.74, 6) is 4.01. The van der Waals surface area contributed by atoms with Crippen LogP contribution in [0.1, 0.15) is 11.1 Å². The molecule has 0 saturated heterocycles. The maximum atomic E-state index is 13.1. The fraction of sp³-hybridized carbons (Fsp3) is 0.100. The van der Waals surface area contributed by atoms with Gasteiger partial charge in [0.15, 0.2) is 6.29 Å². The Morgan fingerprint density at radius 3 is 2.85 bits per heavy atom. The summed E-state index contributed by atoms with van der Waals surface area (Å²) < 4.78 is 13.1. The maximum Gasteiger partial charge on any atom is 0.193 e. The van der Waals surface area contributed by atoms with Crippen molar-refractivity contribution >= 4 is 17.9 Å². The molecule has 3 heteroatoms. The molecule has 0 bridgehead atoms. The summed E-state index contributed by atoms with van der Waals surface area (Å²) in [7, 11) is 0.